The van der Waals surface area contributed by atoms with Crippen LogP contribution in [-0.2, 0) is 7.05 Å². The Morgan fingerprint density at radius 1 is 1.15 bits per heavy atom. The van der Waals surface area contributed by atoms with Crippen LogP contribution in [0.15, 0.2) is 36.5 Å². The highest BCUT2D eigenvalue weighted by Crippen LogP contribution is 2.24. The molecule has 0 spiro atoms. The number of carbonyl (C=O) groups excluding carboxylic acids is 1. The molecule has 0 atom stereocenters. The summed E-state index contributed by atoms with van der Waals surface area (Å²) >= 11 is 0. The van der Waals surface area contributed by atoms with Gasteiger partial charge in [0, 0.05) is 35.8 Å². The molecule has 2 aromatic heterocycles. The van der Waals surface area contributed by atoms with Crippen molar-refractivity contribution in [2.45, 2.75) is 20.8 Å². The second-order valence-corrected chi connectivity index (χ2v) is 6.17. The molecule has 0 aliphatic rings. The minimum absolute atomic E-state index is 0.0358. The Labute approximate surface area is 150 Å². The summed E-state index contributed by atoms with van der Waals surface area (Å²) in [6, 6.07) is 8.54. The third-order valence-corrected chi connectivity index (χ3v) is 4.30. The quantitative estimate of drug-likeness (QED) is 0.575. The van der Waals surface area contributed by atoms with Crippen LogP contribution in [0.25, 0.3) is 5.82 Å². The predicted octanol–water partition coefficient (Wildman–Crippen LogP) is 3.30. The average Bonchev–Trinajstić information content (AvgIpc) is 3.11. The minimum Gasteiger partial charge on any atom is -0.322 e. The molecule has 0 radical (unpaired) electrons. The van der Waals surface area contributed by atoms with Gasteiger partial charge in [-0.2, -0.15) is 5.10 Å². The van der Waals surface area contributed by atoms with Gasteiger partial charge in [-0.3, -0.25) is 19.6 Å². The fraction of sp³-hybridized carbons (Fsp3) is 0.222. The molecule has 0 unspecified atom stereocenters. The maximum absolute atomic E-state index is 12.8. The van der Waals surface area contributed by atoms with Crippen LogP contribution in [0.2, 0.25) is 0 Å². The van der Waals surface area contributed by atoms with E-state index < -0.39 is 4.92 Å². The average molecular weight is 353 g/mol. The van der Waals surface area contributed by atoms with E-state index in [9.17, 15) is 14.9 Å². The first-order chi connectivity index (χ1) is 12.3. The van der Waals surface area contributed by atoms with Crippen molar-refractivity contribution in [3.63, 3.8) is 0 Å². The van der Waals surface area contributed by atoms with Crippen molar-refractivity contribution in [2.24, 2.45) is 7.05 Å². The summed E-state index contributed by atoms with van der Waals surface area (Å²) in [7, 11) is 1.77. The number of benzene rings is 1. The molecule has 2 heterocycles. The van der Waals surface area contributed by atoms with Crippen molar-refractivity contribution in [1.82, 2.24) is 14.3 Å². The second-order valence-electron chi connectivity index (χ2n) is 6.17. The lowest BCUT2D eigenvalue weighted by Crippen LogP contribution is -2.16. The first-order valence-electron chi connectivity index (χ1n) is 8.03. The third kappa shape index (κ3) is 2.97. The fourth-order valence-corrected chi connectivity index (χ4v) is 2.94. The maximum atomic E-state index is 12.8. The molecule has 3 aromatic rings. The fourth-order valence-electron chi connectivity index (χ4n) is 2.94. The lowest BCUT2D eigenvalue weighted by Gasteiger charge is -2.12. The molecule has 1 aromatic carbocycles. The third-order valence-electron chi connectivity index (χ3n) is 4.30. The van der Waals surface area contributed by atoms with Gasteiger partial charge in [0.05, 0.1) is 11.1 Å². The van der Waals surface area contributed by atoms with Crippen LogP contribution in [0, 0.1) is 30.9 Å². The number of carbonyl (C=O) groups is 1. The summed E-state index contributed by atoms with van der Waals surface area (Å²) < 4.78 is 3.58. The minimum atomic E-state index is -0.465. The summed E-state index contributed by atoms with van der Waals surface area (Å²) in [6.07, 6.45) is 1.49. The van der Waals surface area contributed by atoms with Gasteiger partial charge in [0.25, 0.3) is 11.6 Å². The second kappa shape index (κ2) is 6.47. The van der Waals surface area contributed by atoms with Crippen molar-refractivity contribution in [3.8, 4) is 5.82 Å². The number of amides is 1. The molecule has 1 N–H and O–H groups in total. The number of rotatable bonds is 4. The molecule has 8 heteroatoms. The highest BCUT2D eigenvalue weighted by Gasteiger charge is 2.21. The Hall–Kier alpha value is -3.42. The SMILES string of the molecule is Cc1ccc(NC(=O)c2cnn(C)c2-n2c(C)ccc2C)cc1[N+](=O)[O-]. The van der Waals surface area contributed by atoms with Crippen molar-refractivity contribution in [3.05, 3.63) is 69.2 Å². The van der Waals surface area contributed by atoms with Crippen LogP contribution in [0.5, 0.6) is 0 Å². The largest absolute Gasteiger partial charge is 0.322 e. The van der Waals surface area contributed by atoms with Crippen LogP contribution in [0.1, 0.15) is 27.3 Å². The van der Waals surface area contributed by atoms with Crippen LogP contribution in [-0.4, -0.2) is 25.2 Å². The summed E-state index contributed by atoms with van der Waals surface area (Å²) in [5.74, 6) is 0.267. The van der Waals surface area contributed by atoms with E-state index in [0.29, 0.717) is 22.6 Å². The van der Waals surface area contributed by atoms with E-state index in [1.54, 1.807) is 30.8 Å². The highest BCUT2D eigenvalue weighted by atomic mass is 16.6. The van der Waals surface area contributed by atoms with E-state index >= 15 is 0 Å². The van der Waals surface area contributed by atoms with Crippen molar-refractivity contribution in [2.75, 3.05) is 5.32 Å². The number of nitrogens with zero attached hydrogens (tertiary/aromatic N) is 4. The first kappa shape index (κ1) is 17.4. The Morgan fingerprint density at radius 3 is 2.42 bits per heavy atom. The number of hydrogen-bond acceptors (Lipinski definition) is 4. The topological polar surface area (TPSA) is 95.0 Å². The van der Waals surface area contributed by atoms with E-state index in [4.69, 9.17) is 0 Å². The zero-order valence-corrected chi connectivity index (χ0v) is 15.0. The van der Waals surface area contributed by atoms with E-state index in [1.807, 2.05) is 30.5 Å². The van der Waals surface area contributed by atoms with Gasteiger partial charge in [-0.25, -0.2) is 0 Å². The molecule has 0 saturated heterocycles. The van der Waals surface area contributed by atoms with Crippen molar-refractivity contribution in [1.29, 1.82) is 0 Å². The Balaban J connectivity index is 1.98. The Bertz CT molecular complexity index is 997. The molecular weight excluding hydrogens is 334 g/mol. The van der Waals surface area contributed by atoms with Gasteiger partial charge in [0.1, 0.15) is 11.4 Å². The van der Waals surface area contributed by atoms with Gasteiger partial charge in [-0.05, 0) is 39.0 Å². The number of anilines is 1. The van der Waals surface area contributed by atoms with Crippen LogP contribution < -0.4 is 5.32 Å². The molecule has 0 saturated carbocycles. The zero-order chi connectivity index (χ0) is 19.0. The van der Waals surface area contributed by atoms with Gasteiger partial charge < -0.3 is 9.88 Å². The maximum Gasteiger partial charge on any atom is 0.274 e. The zero-order valence-electron chi connectivity index (χ0n) is 15.0. The molecule has 134 valence electrons. The number of nitrogens with one attached hydrogen (secondary N) is 1. The molecule has 3 rings (SSSR count). The lowest BCUT2D eigenvalue weighted by atomic mass is 10.2. The van der Waals surface area contributed by atoms with E-state index in [1.165, 1.54) is 12.3 Å². The number of aromatic nitrogens is 3. The van der Waals surface area contributed by atoms with Gasteiger partial charge in [0.15, 0.2) is 0 Å². The van der Waals surface area contributed by atoms with Gasteiger partial charge in [-0.1, -0.05) is 6.07 Å². The number of nitro benzene ring substituents is 1. The molecule has 0 fully saturated rings. The van der Waals surface area contributed by atoms with Gasteiger partial charge in [0.2, 0.25) is 0 Å². The van der Waals surface area contributed by atoms with E-state index in [-0.39, 0.29) is 11.6 Å². The number of hydrogen-bond donors (Lipinski definition) is 1. The molecule has 8 nitrogen and oxygen atoms in total. The normalized spacial score (nSPS) is 10.8. The predicted molar refractivity (Wildman–Crippen MR) is 97.8 cm³/mol. The molecule has 1 amide bonds. The molecular formula is C18H19N5O3. The lowest BCUT2D eigenvalue weighted by molar-refractivity contribution is -0.385. The summed E-state index contributed by atoms with van der Waals surface area (Å²) in [4.78, 5) is 23.4. The van der Waals surface area contributed by atoms with E-state index in [2.05, 4.69) is 10.4 Å². The van der Waals surface area contributed by atoms with Crippen LogP contribution >= 0.6 is 0 Å². The van der Waals surface area contributed by atoms with Gasteiger partial charge in [-0.15, -0.1) is 0 Å². The molecule has 0 bridgehead atoms. The summed E-state index contributed by atoms with van der Waals surface area (Å²) in [5, 5.41) is 18.0. The smallest absolute Gasteiger partial charge is 0.274 e. The van der Waals surface area contributed by atoms with Crippen LogP contribution in [0.4, 0.5) is 11.4 Å². The monoisotopic (exact) mass is 353 g/mol. The number of aryl methyl sites for hydroxylation is 4. The summed E-state index contributed by atoms with van der Waals surface area (Å²) in [6.45, 7) is 5.55. The Morgan fingerprint density at radius 2 is 1.81 bits per heavy atom. The first-order valence-corrected chi connectivity index (χ1v) is 8.03. The van der Waals surface area contributed by atoms with Crippen LogP contribution in [0.3, 0.4) is 0 Å². The summed E-state index contributed by atoms with van der Waals surface area (Å²) in [5.41, 5.74) is 3.21. The Kier molecular flexibility index (Phi) is 4.33. The molecule has 26 heavy (non-hydrogen) atoms. The number of nitro groups is 1. The molecule has 0 aliphatic carbocycles. The van der Waals surface area contributed by atoms with Gasteiger partial charge >= 0.3 is 0 Å². The van der Waals surface area contributed by atoms with Crippen molar-refractivity contribution >= 4 is 17.3 Å². The standard InChI is InChI=1S/C18H19N5O3/c1-11-5-8-14(9-16(11)23(25)26)20-17(24)15-10-19-21(4)18(15)22-12(2)6-7-13(22)3/h5-10H,1-4H3,(H,20,24). The molecule has 0 aliphatic heterocycles. The van der Waals surface area contributed by atoms with E-state index in [0.717, 1.165) is 11.4 Å². The van der Waals surface area contributed by atoms with Crippen molar-refractivity contribution < 1.29 is 9.72 Å². The highest BCUT2D eigenvalue weighted by molar-refractivity contribution is 6.06.